The minimum absolute atomic E-state index is 0.00503. The molecular weight excluding hydrogens is 352 g/mol. The molecule has 1 rings (SSSR count). The van der Waals surface area contributed by atoms with Gasteiger partial charge in [-0.3, -0.25) is 9.59 Å². The number of hydrogen-bond donors (Lipinski definition) is 5. The molecular formula is C20H34O7. The van der Waals surface area contributed by atoms with Gasteiger partial charge in [0.2, 0.25) is 0 Å². The van der Waals surface area contributed by atoms with Gasteiger partial charge < -0.3 is 25.5 Å². The zero-order chi connectivity index (χ0) is 20.4. The lowest BCUT2D eigenvalue weighted by Gasteiger charge is -2.24. The number of aliphatic carboxylic acids is 1. The van der Waals surface area contributed by atoms with Crippen molar-refractivity contribution in [3.05, 3.63) is 12.2 Å². The van der Waals surface area contributed by atoms with Crippen molar-refractivity contribution < 1.29 is 35.1 Å². The Labute approximate surface area is 160 Å². The molecule has 0 spiro atoms. The predicted octanol–water partition coefficient (Wildman–Crippen LogP) is 1.42. The molecule has 1 fully saturated rings. The average molecular weight is 386 g/mol. The molecule has 0 amide bonds. The highest BCUT2D eigenvalue weighted by Crippen LogP contribution is 2.34. The molecule has 0 radical (unpaired) electrons. The Morgan fingerprint density at radius 3 is 2.48 bits per heavy atom. The standard InChI is InChI=1S/C20H34O7/c1-2-3-4-6-13(21)9-10-14-15(18(24)12-17(14)23)11-19(25)16(22)7-5-8-20(26)27/h9-10,13-17,19,21-23,25H,2-8,11-12H2,1H3,(H,26,27)/b10-9+/t13-,14+,15+,16?,17+,19?/m0/s1. The third-order valence-corrected chi connectivity index (χ3v) is 5.22. The van der Waals surface area contributed by atoms with Gasteiger partial charge in [0.25, 0.3) is 0 Å². The number of unbranched alkanes of at least 4 members (excludes halogenated alkanes) is 2. The molecule has 0 aromatic carbocycles. The van der Waals surface area contributed by atoms with Crippen LogP contribution >= 0.6 is 0 Å². The smallest absolute Gasteiger partial charge is 0.303 e. The first-order valence-electron chi connectivity index (χ1n) is 9.91. The molecule has 27 heavy (non-hydrogen) atoms. The lowest BCUT2D eigenvalue weighted by Crippen LogP contribution is -2.32. The molecule has 0 aromatic heterocycles. The Kier molecular flexibility index (Phi) is 10.8. The zero-order valence-electron chi connectivity index (χ0n) is 16.0. The number of carbonyl (C=O) groups is 2. The van der Waals surface area contributed by atoms with Crippen molar-refractivity contribution in [2.75, 3.05) is 0 Å². The monoisotopic (exact) mass is 386 g/mol. The second kappa shape index (κ2) is 12.2. The van der Waals surface area contributed by atoms with Crippen molar-refractivity contribution in [3.63, 3.8) is 0 Å². The van der Waals surface area contributed by atoms with Gasteiger partial charge in [-0.05, 0) is 25.7 Å². The number of carboxylic acids is 1. The van der Waals surface area contributed by atoms with Crippen LogP contribution < -0.4 is 0 Å². The first kappa shape index (κ1) is 23.8. The van der Waals surface area contributed by atoms with Gasteiger partial charge in [-0.15, -0.1) is 0 Å². The summed E-state index contributed by atoms with van der Waals surface area (Å²) < 4.78 is 0. The van der Waals surface area contributed by atoms with E-state index in [0.717, 1.165) is 19.3 Å². The molecule has 0 heterocycles. The number of ketones is 1. The largest absolute Gasteiger partial charge is 0.481 e. The van der Waals surface area contributed by atoms with E-state index in [4.69, 9.17) is 5.11 Å². The summed E-state index contributed by atoms with van der Waals surface area (Å²) in [7, 11) is 0. The Bertz CT molecular complexity index is 491. The zero-order valence-corrected chi connectivity index (χ0v) is 16.0. The fourth-order valence-corrected chi connectivity index (χ4v) is 3.56. The van der Waals surface area contributed by atoms with E-state index in [9.17, 15) is 30.0 Å². The SMILES string of the molecule is CCCCC[C@H](O)/C=C/[C@H]1[C@H](O)CC(=O)[C@@H]1CC(O)C(O)CCCC(=O)O. The van der Waals surface area contributed by atoms with E-state index in [-0.39, 0.29) is 37.9 Å². The maximum Gasteiger partial charge on any atom is 0.303 e. The van der Waals surface area contributed by atoms with Crippen LogP contribution in [0.1, 0.15) is 64.7 Å². The van der Waals surface area contributed by atoms with Gasteiger partial charge in [0.05, 0.1) is 24.4 Å². The van der Waals surface area contributed by atoms with Crippen LogP contribution in [0.15, 0.2) is 12.2 Å². The summed E-state index contributed by atoms with van der Waals surface area (Å²) in [6.07, 6.45) is 3.37. The summed E-state index contributed by atoms with van der Waals surface area (Å²) in [6.45, 7) is 2.08. The minimum atomic E-state index is -1.16. The van der Waals surface area contributed by atoms with Crippen LogP contribution in [0.25, 0.3) is 0 Å². The van der Waals surface area contributed by atoms with E-state index in [0.29, 0.717) is 6.42 Å². The second-order valence-corrected chi connectivity index (χ2v) is 7.53. The van der Waals surface area contributed by atoms with Crippen molar-refractivity contribution >= 4 is 11.8 Å². The Morgan fingerprint density at radius 1 is 1.15 bits per heavy atom. The van der Waals surface area contributed by atoms with Gasteiger partial charge in [0, 0.05) is 24.7 Å². The van der Waals surface area contributed by atoms with E-state index >= 15 is 0 Å². The van der Waals surface area contributed by atoms with E-state index in [1.54, 1.807) is 12.2 Å². The third kappa shape index (κ3) is 8.51. The van der Waals surface area contributed by atoms with E-state index < -0.39 is 42.2 Å². The number of carboxylic acid groups (broad SMARTS) is 1. The normalized spacial score (nSPS) is 26.4. The van der Waals surface area contributed by atoms with Crippen LogP contribution in [0.4, 0.5) is 0 Å². The van der Waals surface area contributed by atoms with E-state index in [1.807, 2.05) is 0 Å². The van der Waals surface area contributed by atoms with Crippen LogP contribution in [0.5, 0.6) is 0 Å². The van der Waals surface area contributed by atoms with Crippen molar-refractivity contribution in [1.82, 2.24) is 0 Å². The topological polar surface area (TPSA) is 135 Å². The highest BCUT2D eigenvalue weighted by Gasteiger charge is 2.41. The van der Waals surface area contributed by atoms with Crippen LogP contribution in [0.3, 0.4) is 0 Å². The first-order chi connectivity index (χ1) is 12.8. The molecule has 2 unspecified atom stereocenters. The third-order valence-electron chi connectivity index (χ3n) is 5.22. The number of Topliss-reactive ketones (excluding diaryl/α,β-unsaturated/α-hetero) is 1. The quantitative estimate of drug-likeness (QED) is 0.239. The minimum Gasteiger partial charge on any atom is -0.481 e. The summed E-state index contributed by atoms with van der Waals surface area (Å²) >= 11 is 0. The molecule has 5 N–H and O–H groups in total. The van der Waals surface area contributed by atoms with Crippen LogP contribution in [-0.2, 0) is 9.59 Å². The molecule has 1 saturated carbocycles. The fourth-order valence-electron chi connectivity index (χ4n) is 3.56. The molecule has 0 aromatic rings. The van der Waals surface area contributed by atoms with E-state index in [2.05, 4.69) is 6.92 Å². The Balaban J connectivity index is 2.59. The van der Waals surface area contributed by atoms with Gasteiger partial charge in [0.15, 0.2) is 0 Å². The maximum absolute atomic E-state index is 12.2. The molecule has 0 aliphatic heterocycles. The van der Waals surface area contributed by atoms with Gasteiger partial charge in [-0.25, -0.2) is 0 Å². The van der Waals surface area contributed by atoms with Crippen LogP contribution in [0, 0.1) is 11.8 Å². The summed E-state index contributed by atoms with van der Waals surface area (Å²) in [4.78, 5) is 22.7. The maximum atomic E-state index is 12.2. The van der Waals surface area contributed by atoms with Gasteiger partial charge in [-0.2, -0.15) is 0 Å². The number of aliphatic hydroxyl groups is 4. The number of carbonyl (C=O) groups excluding carboxylic acids is 1. The summed E-state index contributed by atoms with van der Waals surface area (Å²) in [5, 5.41) is 48.9. The Morgan fingerprint density at radius 2 is 1.85 bits per heavy atom. The van der Waals surface area contributed by atoms with Crippen molar-refractivity contribution in [2.45, 2.75) is 89.1 Å². The van der Waals surface area contributed by atoms with Crippen molar-refractivity contribution in [1.29, 1.82) is 0 Å². The molecule has 1 aliphatic rings. The van der Waals surface area contributed by atoms with E-state index in [1.165, 1.54) is 0 Å². The summed E-state index contributed by atoms with van der Waals surface area (Å²) in [5.41, 5.74) is 0. The molecule has 6 atom stereocenters. The lowest BCUT2D eigenvalue weighted by atomic mass is 9.86. The molecule has 156 valence electrons. The second-order valence-electron chi connectivity index (χ2n) is 7.53. The molecule has 0 saturated heterocycles. The van der Waals surface area contributed by atoms with Crippen molar-refractivity contribution in [2.24, 2.45) is 11.8 Å². The van der Waals surface area contributed by atoms with Crippen LogP contribution in [-0.4, -0.2) is 61.7 Å². The Hall–Kier alpha value is -1.28. The predicted molar refractivity (Wildman–Crippen MR) is 100 cm³/mol. The van der Waals surface area contributed by atoms with Gasteiger partial charge in [-0.1, -0.05) is 38.3 Å². The molecule has 1 aliphatic carbocycles. The van der Waals surface area contributed by atoms with Crippen LogP contribution in [0.2, 0.25) is 0 Å². The number of aliphatic hydroxyl groups excluding tert-OH is 4. The average Bonchev–Trinajstić information content (AvgIpc) is 2.86. The highest BCUT2D eigenvalue weighted by atomic mass is 16.4. The van der Waals surface area contributed by atoms with Crippen molar-refractivity contribution in [3.8, 4) is 0 Å². The molecule has 7 heteroatoms. The summed E-state index contributed by atoms with van der Waals surface area (Å²) in [6, 6.07) is 0. The lowest BCUT2D eigenvalue weighted by molar-refractivity contribution is -0.137. The molecule has 0 bridgehead atoms. The summed E-state index contributed by atoms with van der Waals surface area (Å²) in [5.74, 6) is -2.26. The molecule has 7 nitrogen and oxygen atoms in total. The van der Waals surface area contributed by atoms with Gasteiger partial charge >= 0.3 is 5.97 Å². The van der Waals surface area contributed by atoms with Gasteiger partial charge in [0.1, 0.15) is 5.78 Å². The number of hydrogen-bond acceptors (Lipinski definition) is 6. The highest BCUT2D eigenvalue weighted by molar-refractivity contribution is 5.84. The first-order valence-corrected chi connectivity index (χ1v) is 9.91. The fraction of sp³-hybridized carbons (Fsp3) is 0.800. The number of rotatable bonds is 13.